The van der Waals surface area contributed by atoms with E-state index in [-0.39, 0.29) is 18.9 Å². The predicted molar refractivity (Wildman–Crippen MR) is 80.3 cm³/mol. The van der Waals surface area contributed by atoms with Gasteiger partial charge in [-0.15, -0.1) is 0 Å². The molecule has 0 aromatic carbocycles. The van der Waals surface area contributed by atoms with Crippen LogP contribution in [0.1, 0.15) is 46.0 Å². The molecule has 3 nitrogen and oxygen atoms in total. The molecule has 2 atom stereocenters. The van der Waals surface area contributed by atoms with Gasteiger partial charge in [0.25, 0.3) is 0 Å². The molecule has 0 aromatic rings. The first-order valence-electron chi connectivity index (χ1n) is 7.70. The molecule has 0 spiro atoms. The van der Waals surface area contributed by atoms with Crippen molar-refractivity contribution in [3.8, 4) is 0 Å². The lowest BCUT2D eigenvalue weighted by atomic mass is 9.85. The van der Waals surface area contributed by atoms with Gasteiger partial charge in [-0.3, -0.25) is 4.99 Å². The first-order chi connectivity index (χ1) is 9.97. The van der Waals surface area contributed by atoms with Crippen molar-refractivity contribution in [3.05, 3.63) is 12.2 Å². The first kappa shape index (κ1) is 17.9. The second-order valence-corrected chi connectivity index (χ2v) is 5.36. The van der Waals surface area contributed by atoms with E-state index in [1.807, 2.05) is 26.0 Å². The molecule has 0 saturated heterocycles. The first-order valence-corrected chi connectivity index (χ1v) is 7.70. The van der Waals surface area contributed by atoms with Crippen LogP contribution in [-0.2, 0) is 0 Å². The van der Waals surface area contributed by atoms with Crippen molar-refractivity contribution in [1.82, 2.24) is 10.6 Å². The summed E-state index contributed by atoms with van der Waals surface area (Å²) in [5.74, 6) is -0.565. The number of alkyl halides is 3. The molecular weight excluding hydrogens is 279 g/mol. The molecule has 1 rings (SSSR count). The summed E-state index contributed by atoms with van der Waals surface area (Å²) in [6.45, 7) is 5.23. The van der Waals surface area contributed by atoms with Crippen molar-refractivity contribution in [1.29, 1.82) is 0 Å². The topological polar surface area (TPSA) is 36.4 Å². The fourth-order valence-corrected chi connectivity index (χ4v) is 2.55. The summed E-state index contributed by atoms with van der Waals surface area (Å²) in [4.78, 5) is 4.39. The van der Waals surface area contributed by atoms with Crippen molar-refractivity contribution in [2.45, 2.75) is 58.2 Å². The molecule has 0 heterocycles. The molecule has 2 N–H and O–H groups in total. The molecule has 122 valence electrons. The number of hydrogen-bond acceptors (Lipinski definition) is 1. The zero-order valence-electron chi connectivity index (χ0n) is 12.8. The number of hydrogen-bond donors (Lipinski definition) is 2. The van der Waals surface area contributed by atoms with Gasteiger partial charge >= 0.3 is 6.18 Å². The van der Waals surface area contributed by atoms with Crippen LogP contribution < -0.4 is 10.6 Å². The molecule has 0 radical (unpaired) electrons. The average Bonchev–Trinajstić information content (AvgIpc) is 2.43. The SMILES string of the molecule is C/C=C/CCN=C(NCC)NC1CCCC(C(F)(F)F)C1. The average molecular weight is 305 g/mol. The van der Waals surface area contributed by atoms with E-state index in [0.717, 1.165) is 12.8 Å². The number of nitrogens with one attached hydrogen (secondary N) is 2. The number of guanidine groups is 1. The third-order valence-corrected chi connectivity index (χ3v) is 3.62. The lowest BCUT2D eigenvalue weighted by molar-refractivity contribution is -0.183. The van der Waals surface area contributed by atoms with E-state index in [4.69, 9.17) is 0 Å². The van der Waals surface area contributed by atoms with Gasteiger partial charge in [0.2, 0.25) is 0 Å². The van der Waals surface area contributed by atoms with E-state index < -0.39 is 12.1 Å². The molecule has 1 saturated carbocycles. The van der Waals surface area contributed by atoms with Crippen LogP contribution in [0.15, 0.2) is 17.1 Å². The Kier molecular flexibility index (Phi) is 7.61. The molecule has 1 aliphatic rings. The highest BCUT2D eigenvalue weighted by Crippen LogP contribution is 2.37. The van der Waals surface area contributed by atoms with Crippen molar-refractivity contribution in [2.75, 3.05) is 13.1 Å². The molecular formula is C15H26F3N3. The maximum Gasteiger partial charge on any atom is 0.391 e. The van der Waals surface area contributed by atoms with Crippen LogP contribution >= 0.6 is 0 Å². The predicted octanol–water partition coefficient (Wildman–Crippen LogP) is 3.63. The normalized spacial score (nSPS) is 24.3. The number of nitrogens with zero attached hydrogens (tertiary/aromatic N) is 1. The maximum absolute atomic E-state index is 12.8. The highest BCUT2D eigenvalue weighted by Gasteiger charge is 2.42. The Balaban J connectivity index is 2.53. The van der Waals surface area contributed by atoms with Crippen LogP contribution in [-0.4, -0.2) is 31.3 Å². The lowest BCUT2D eigenvalue weighted by Crippen LogP contribution is -2.46. The Morgan fingerprint density at radius 1 is 1.33 bits per heavy atom. The van der Waals surface area contributed by atoms with Crippen molar-refractivity contribution >= 4 is 5.96 Å². The lowest BCUT2D eigenvalue weighted by Gasteiger charge is -2.31. The van der Waals surface area contributed by atoms with Crippen molar-refractivity contribution < 1.29 is 13.2 Å². The minimum Gasteiger partial charge on any atom is -0.357 e. The molecule has 0 aromatic heterocycles. The zero-order chi connectivity index (χ0) is 15.7. The van der Waals surface area contributed by atoms with Crippen LogP contribution in [0.5, 0.6) is 0 Å². The van der Waals surface area contributed by atoms with Gasteiger partial charge < -0.3 is 10.6 Å². The third kappa shape index (κ3) is 6.87. The second-order valence-electron chi connectivity index (χ2n) is 5.36. The van der Waals surface area contributed by atoms with Gasteiger partial charge in [-0.1, -0.05) is 18.6 Å². The highest BCUT2D eigenvalue weighted by atomic mass is 19.4. The van der Waals surface area contributed by atoms with Gasteiger partial charge in [0, 0.05) is 19.1 Å². The molecule has 2 unspecified atom stereocenters. The number of aliphatic imine (C=N–C) groups is 1. The van der Waals surface area contributed by atoms with E-state index in [1.165, 1.54) is 0 Å². The fourth-order valence-electron chi connectivity index (χ4n) is 2.55. The monoisotopic (exact) mass is 305 g/mol. The van der Waals surface area contributed by atoms with E-state index in [2.05, 4.69) is 15.6 Å². The Labute approximate surface area is 125 Å². The Morgan fingerprint density at radius 3 is 2.71 bits per heavy atom. The molecule has 1 fully saturated rings. The van der Waals surface area contributed by atoms with Gasteiger partial charge in [0.1, 0.15) is 0 Å². The highest BCUT2D eigenvalue weighted by molar-refractivity contribution is 5.80. The van der Waals surface area contributed by atoms with Crippen LogP contribution in [0.25, 0.3) is 0 Å². The number of rotatable bonds is 5. The number of allylic oxidation sites excluding steroid dienone is 1. The van der Waals surface area contributed by atoms with Gasteiger partial charge in [-0.05, 0) is 39.5 Å². The van der Waals surface area contributed by atoms with E-state index in [1.54, 1.807) is 0 Å². The minimum atomic E-state index is -4.08. The molecule has 21 heavy (non-hydrogen) atoms. The summed E-state index contributed by atoms with van der Waals surface area (Å²) in [5.41, 5.74) is 0. The van der Waals surface area contributed by atoms with E-state index in [9.17, 15) is 13.2 Å². The molecule has 1 aliphatic carbocycles. The Morgan fingerprint density at radius 2 is 2.10 bits per heavy atom. The molecule has 6 heteroatoms. The zero-order valence-corrected chi connectivity index (χ0v) is 12.8. The summed E-state index contributed by atoms with van der Waals surface area (Å²) >= 11 is 0. The van der Waals surface area contributed by atoms with Crippen molar-refractivity contribution in [3.63, 3.8) is 0 Å². The quantitative estimate of drug-likeness (QED) is 0.352. The molecule has 0 aliphatic heterocycles. The van der Waals surface area contributed by atoms with Gasteiger partial charge in [-0.25, -0.2) is 0 Å². The third-order valence-electron chi connectivity index (χ3n) is 3.62. The number of halogens is 3. The standard InChI is InChI=1S/C15H26F3N3/c1-3-5-6-10-20-14(19-4-2)21-13-9-7-8-12(11-13)15(16,17)18/h3,5,12-13H,4,6-11H2,1-2H3,(H2,19,20,21)/b5-3+. The summed E-state index contributed by atoms with van der Waals surface area (Å²) in [6.07, 6.45) is 2.51. The van der Waals surface area contributed by atoms with Crippen LogP contribution in [0.3, 0.4) is 0 Å². The summed E-state index contributed by atoms with van der Waals surface area (Å²) in [7, 11) is 0. The van der Waals surface area contributed by atoms with Crippen LogP contribution in [0.2, 0.25) is 0 Å². The van der Waals surface area contributed by atoms with Crippen LogP contribution in [0, 0.1) is 5.92 Å². The van der Waals surface area contributed by atoms with E-state index >= 15 is 0 Å². The fraction of sp³-hybridized carbons (Fsp3) is 0.800. The second kappa shape index (κ2) is 8.95. The Bertz CT molecular complexity index is 351. The summed E-state index contributed by atoms with van der Waals surface area (Å²) in [5, 5.41) is 6.24. The molecule has 0 bridgehead atoms. The van der Waals surface area contributed by atoms with E-state index in [0.29, 0.717) is 25.5 Å². The summed E-state index contributed by atoms with van der Waals surface area (Å²) in [6, 6.07) is -0.148. The Hall–Kier alpha value is -1.20. The maximum atomic E-state index is 12.8. The van der Waals surface area contributed by atoms with Crippen molar-refractivity contribution in [2.24, 2.45) is 10.9 Å². The minimum absolute atomic E-state index is 0.142. The largest absolute Gasteiger partial charge is 0.391 e. The summed E-state index contributed by atoms with van der Waals surface area (Å²) < 4.78 is 38.4. The van der Waals surface area contributed by atoms with Crippen LogP contribution in [0.4, 0.5) is 13.2 Å². The smallest absolute Gasteiger partial charge is 0.357 e. The van der Waals surface area contributed by atoms with Gasteiger partial charge in [0.05, 0.1) is 5.92 Å². The van der Waals surface area contributed by atoms with Gasteiger partial charge in [0.15, 0.2) is 5.96 Å². The van der Waals surface area contributed by atoms with Gasteiger partial charge in [-0.2, -0.15) is 13.2 Å². The molecule has 0 amide bonds.